The van der Waals surface area contributed by atoms with Gasteiger partial charge < -0.3 is 29.6 Å². The second-order valence-electron chi connectivity index (χ2n) is 4.31. The number of hydrogen-bond acceptors (Lipinski definition) is 6. The largest absolute Gasteiger partial charge is 1.00 e. The molecule has 0 heterocycles. The summed E-state index contributed by atoms with van der Waals surface area (Å²) >= 11 is 0. The molecule has 0 aliphatic heterocycles. The molecule has 0 spiro atoms. The van der Waals surface area contributed by atoms with E-state index in [1.807, 2.05) is 13.8 Å². The van der Waals surface area contributed by atoms with Crippen molar-refractivity contribution in [1.82, 2.24) is 10.6 Å². The molecule has 0 atom stereocenters. The molecule has 142 valence electrons. The number of carbonyl (C=O) groups is 2. The first kappa shape index (κ1) is 29.9. The number of hydrogen-bond donors (Lipinski definition) is 2. The fourth-order valence-electron chi connectivity index (χ4n) is 1.38. The van der Waals surface area contributed by atoms with E-state index in [2.05, 4.69) is 10.6 Å². The van der Waals surface area contributed by atoms with Crippen molar-refractivity contribution in [2.45, 2.75) is 33.1 Å². The van der Waals surface area contributed by atoms with Crippen molar-refractivity contribution in [3.63, 3.8) is 0 Å². The molecule has 0 fully saturated rings. The van der Waals surface area contributed by atoms with Gasteiger partial charge in [-0.3, -0.25) is 15.9 Å². The molecule has 0 aliphatic rings. The van der Waals surface area contributed by atoms with Gasteiger partial charge in [-0.15, -0.1) is 6.42 Å². The van der Waals surface area contributed by atoms with Crippen molar-refractivity contribution < 1.29 is 80.0 Å². The van der Waals surface area contributed by atoms with Crippen LogP contribution in [0, 0.1) is 0 Å². The zero-order chi connectivity index (χ0) is 18.5. The van der Waals surface area contributed by atoms with Crippen LogP contribution < -0.4 is 62.0 Å². The van der Waals surface area contributed by atoms with Crippen molar-refractivity contribution >= 4 is 18.1 Å². The van der Waals surface area contributed by atoms with Crippen LogP contribution in [0.3, 0.4) is 0 Å². The van der Waals surface area contributed by atoms with Gasteiger partial charge in [-0.1, -0.05) is 13.8 Å². The van der Waals surface area contributed by atoms with Crippen LogP contribution in [-0.4, -0.2) is 71.3 Å². The number of methoxy groups -OCH3 is 1. The zero-order valence-corrected chi connectivity index (χ0v) is 19.1. The van der Waals surface area contributed by atoms with Crippen molar-refractivity contribution in [3.8, 4) is 0 Å². The van der Waals surface area contributed by atoms with E-state index in [1.54, 1.807) is 6.29 Å². The first-order chi connectivity index (χ1) is 11.7. The minimum atomic E-state index is -0.130. The molecule has 0 aliphatic carbocycles. The molecule has 0 radical (unpaired) electrons. The van der Waals surface area contributed by atoms with Gasteiger partial charge in [0.15, 0.2) is 0 Å². The first-order valence-electron chi connectivity index (χ1n) is 8.23. The fraction of sp³-hybridized carbons (Fsp3) is 0.812. The normalized spacial score (nSPS) is 9.24. The summed E-state index contributed by atoms with van der Waals surface area (Å²) in [4.78, 5) is 32.5. The van der Waals surface area contributed by atoms with Crippen LogP contribution in [0.2, 0.25) is 0 Å². The van der Waals surface area contributed by atoms with Gasteiger partial charge in [0.25, 0.3) is 0 Å². The molecular formula is C16H31KN2O6. The van der Waals surface area contributed by atoms with Crippen LogP contribution in [0.15, 0.2) is 0 Å². The summed E-state index contributed by atoms with van der Waals surface area (Å²) in [5.41, 5.74) is 0. The third kappa shape index (κ3) is 26.5. The Morgan fingerprint density at radius 2 is 1.32 bits per heavy atom. The van der Waals surface area contributed by atoms with Crippen molar-refractivity contribution in [2.24, 2.45) is 0 Å². The maximum atomic E-state index is 11.4. The Morgan fingerprint density at radius 3 is 1.80 bits per heavy atom. The van der Waals surface area contributed by atoms with Crippen molar-refractivity contribution in [1.29, 1.82) is 0 Å². The number of nitrogens with one attached hydrogen (secondary N) is 2. The average Bonchev–Trinajstić information content (AvgIpc) is 2.60. The summed E-state index contributed by atoms with van der Waals surface area (Å²) in [6.07, 6.45) is 2.53. The second-order valence-corrected chi connectivity index (χ2v) is 4.31. The average molecular weight is 387 g/mol. The second kappa shape index (κ2) is 26.4. The van der Waals surface area contributed by atoms with E-state index in [0.717, 1.165) is 0 Å². The van der Waals surface area contributed by atoms with E-state index < -0.39 is 0 Å². The van der Waals surface area contributed by atoms with E-state index >= 15 is 0 Å². The molecule has 0 aromatic rings. The Morgan fingerprint density at radius 1 is 0.840 bits per heavy atom. The molecule has 0 bridgehead atoms. The van der Waals surface area contributed by atoms with E-state index in [1.165, 1.54) is 7.11 Å². The van der Waals surface area contributed by atoms with Crippen LogP contribution in [0.5, 0.6) is 0 Å². The van der Waals surface area contributed by atoms with Crippen molar-refractivity contribution in [2.75, 3.05) is 53.2 Å². The third-order valence-electron chi connectivity index (χ3n) is 2.49. The number of carbonyl (C=O) groups excluding carboxylic acids is 3. The molecule has 25 heavy (non-hydrogen) atoms. The monoisotopic (exact) mass is 386 g/mol. The first-order valence-corrected chi connectivity index (χ1v) is 8.23. The molecule has 0 aromatic heterocycles. The molecule has 0 aromatic carbocycles. The number of ether oxygens (including phenoxy) is 3. The summed E-state index contributed by atoms with van der Waals surface area (Å²) in [5.74, 6) is -0.218. The van der Waals surface area contributed by atoms with Gasteiger partial charge in [0.05, 0.1) is 26.4 Å². The Hall–Kier alpha value is 0.126. The fourth-order valence-corrected chi connectivity index (χ4v) is 1.38. The van der Waals surface area contributed by atoms with Crippen LogP contribution in [0.4, 0.5) is 0 Å². The smallest absolute Gasteiger partial charge is 0.542 e. The van der Waals surface area contributed by atoms with Gasteiger partial charge >= 0.3 is 51.4 Å². The summed E-state index contributed by atoms with van der Waals surface area (Å²) in [5, 5.41) is 5.34. The van der Waals surface area contributed by atoms with Gasteiger partial charge in [-0.05, 0) is 0 Å². The van der Waals surface area contributed by atoms with Crippen LogP contribution >= 0.6 is 0 Å². The molecule has 0 saturated carbocycles. The predicted octanol–water partition coefficient (Wildman–Crippen LogP) is -2.79. The molecule has 0 rings (SSSR count). The molecule has 0 saturated heterocycles. The summed E-state index contributed by atoms with van der Waals surface area (Å²) in [7, 11) is 1.54. The van der Waals surface area contributed by atoms with Crippen molar-refractivity contribution in [3.05, 3.63) is 0 Å². The quantitative estimate of drug-likeness (QED) is 0.179. The van der Waals surface area contributed by atoms with E-state index in [9.17, 15) is 14.4 Å². The molecule has 9 heteroatoms. The number of rotatable bonds is 15. The van der Waals surface area contributed by atoms with Gasteiger partial charge in [0.1, 0.15) is 0 Å². The van der Waals surface area contributed by atoms with Gasteiger partial charge in [-0.25, -0.2) is 0 Å². The Kier molecular flexibility index (Phi) is 31.5. The van der Waals surface area contributed by atoms with E-state index in [4.69, 9.17) is 14.2 Å². The van der Waals surface area contributed by atoms with E-state index in [0.29, 0.717) is 52.5 Å². The van der Waals surface area contributed by atoms with Crippen LogP contribution in [-0.2, 0) is 28.6 Å². The van der Waals surface area contributed by atoms with Gasteiger partial charge in [0, 0.05) is 39.6 Å². The zero-order valence-electron chi connectivity index (χ0n) is 16.0. The predicted molar refractivity (Wildman–Crippen MR) is 90.4 cm³/mol. The molecule has 2 amide bonds. The van der Waals surface area contributed by atoms with Gasteiger partial charge in [-0.2, -0.15) is 0 Å². The Bertz CT molecular complexity index is 319. The Balaban J connectivity index is -0.00000155. The molecular weight excluding hydrogens is 355 g/mol. The minimum Gasteiger partial charge on any atom is -0.542 e. The standard InChI is InChI=1S/C14H25N2O6.C2H6.K/c1-20-9-3-13(18)15-6-12-22-10-4-14(19)16-5-11-21-8-2-7-17;1-2;/h2-6,8-12H2,1H3,(H,15,18)(H,16,19);1-2H3;/q-1;;+1. The molecule has 0 unspecified atom stereocenters. The maximum absolute atomic E-state index is 11.4. The van der Waals surface area contributed by atoms with E-state index in [-0.39, 0.29) is 76.0 Å². The van der Waals surface area contributed by atoms with Crippen LogP contribution in [0.1, 0.15) is 33.1 Å². The number of amides is 2. The Labute approximate surface area is 193 Å². The van der Waals surface area contributed by atoms with Gasteiger partial charge in [0.2, 0.25) is 11.8 Å². The summed E-state index contributed by atoms with van der Waals surface area (Å²) < 4.78 is 15.1. The third-order valence-corrected chi connectivity index (χ3v) is 2.49. The summed E-state index contributed by atoms with van der Waals surface area (Å²) in [6, 6.07) is 0. The van der Waals surface area contributed by atoms with Crippen LogP contribution in [0.25, 0.3) is 0 Å². The maximum Gasteiger partial charge on any atom is 1.00 e. The minimum absolute atomic E-state index is 0. The SMILES string of the molecule is CC.COCCC(=O)NCCOCCC(=O)NCCOCC[C-]=O.[K+]. The molecule has 2 N–H and O–H groups in total. The molecule has 8 nitrogen and oxygen atoms in total. The summed E-state index contributed by atoms with van der Waals surface area (Å²) in [6.45, 7) is 6.53. The topological polar surface area (TPSA) is 103 Å².